The molecular formula is C72H104Na8O48S8. The number of ether oxygens (including phenoxy) is 16. The summed E-state index contributed by atoms with van der Waals surface area (Å²) in [6.45, 7) is 0. The number of carboxylic acids is 8. The topological polar surface area (TPSA) is 792 Å². The molecule has 30 heterocycles. The minimum Gasteiger partial charge on any atom is -0.550 e. The molecule has 30 aliphatic heterocycles. The van der Waals surface area contributed by atoms with Gasteiger partial charge in [-0.15, -0.1) is 0 Å². The first-order valence-electron chi connectivity index (χ1n) is 40.3. The normalized spacial score (nSPS) is 39.1. The molecule has 30 aliphatic rings. The van der Waals surface area contributed by atoms with E-state index in [1.54, 1.807) is 0 Å². The number of hydrogen-bond donors (Lipinski definition) is 16. The number of carboxylic acid groups (broad SMARTS) is 8. The number of aliphatic carboxylic acids is 8. The maximum Gasteiger partial charge on any atom is 1.00 e. The van der Waals surface area contributed by atoms with Gasteiger partial charge in [-0.3, -0.25) is 0 Å². The van der Waals surface area contributed by atoms with Gasteiger partial charge in [0.25, 0.3) is 0 Å². The second-order valence-corrected chi connectivity index (χ2v) is 39.8. The minimum absolute atomic E-state index is 0. The standard InChI is InChI=1S/C72H112O48S8.8Na/c73-33(74)1-9-121-17-25-57-41(89)49(97)65(105-25)114-58-26(18-122-10-2-34(75)76)107-67(51(99)43(58)91)116-60-28(20-124-12-4-36(79)80)109-69(53(101)45(60)93)118-62-30(22-126-14-6-38(83)84)111-71(55(103)47(62)95)120-64-32(24-128-16-8-40(87)88)112-72(56(104)48(64)96)119-63-31(23-127-15-7-39(85)86)110-70(54(102)46(63)94)117-61-29(21-125-13-5-37(81)82)108-68(52(100)44(61)92)115-59-27(19-123-11-3-35(77)78)106-66(113-57)50(98)42(59)90;;;;;;;;/h25-32,41-72,89-104H,1-24H2,(H,73,74)(H,75,76)(H,77,78)(H,79,80)(H,81,82)(H,83,84)(H,85,86)(H,87,88);;;;;;;;/q;8*+1/p-8/t25-,26-,27-,28-,29-,30-,31-,32-,41-,42-,43-,44?,45?,46-,47-,48-,49-,50-,51-,52-,53-,54-,55-,56-,57-,58-,59-,60-,61-,62-,63-,64-,65-,66-,67-,68-,69-,70-,71?,72-;;;;;;;;/m1......../s1. The molecular weight excluding hydrogens is 2070 g/mol. The molecule has 40 atom stereocenters. The van der Waals surface area contributed by atoms with Crippen LogP contribution in [-0.2, 0) is 114 Å². The van der Waals surface area contributed by atoms with E-state index in [1.807, 2.05) is 0 Å². The van der Waals surface area contributed by atoms with E-state index in [9.17, 15) is 161 Å². The summed E-state index contributed by atoms with van der Waals surface area (Å²) in [5.74, 6) is -17.6. The van der Waals surface area contributed by atoms with E-state index < -0.39 is 391 Å². The van der Waals surface area contributed by atoms with Crippen molar-refractivity contribution in [3.63, 3.8) is 0 Å². The molecule has 0 aromatic rings. The Balaban J connectivity index is 0.0000116. The Bertz CT molecular complexity index is 2870. The van der Waals surface area contributed by atoms with Crippen molar-refractivity contribution in [1.29, 1.82) is 0 Å². The number of thioether (sulfide) groups is 8. The first kappa shape index (κ1) is 139. The maximum absolute atomic E-state index is 12.2. The minimum atomic E-state index is -2.36. The third-order valence-electron chi connectivity index (χ3n) is 21.3. The van der Waals surface area contributed by atoms with Gasteiger partial charge in [-0.1, -0.05) is 0 Å². The molecule has 0 aliphatic carbocycles. The van der Waals surface area contributed by atoms with Gasteiger partial charge in [0.05, 0.1) is 48.8 Å². The summed E-state index contributed by atoms with van der Waals surface area (Å²) in [4.78, 5) is 93.3. The molecule has 3 unspecified atom stereocenters. The van der Waals surface area contributed by atoms with Crippen molar-refractivity contribution in [2.24, 2.45) is 0 Å². The van der Waals surface area contributed by atoms with E-state index in [-0.39, 0.29) is 282 Å². The first-order chi connectivity index (χ1) is 60.7. The third-order valence-corrected chi connectivity index (χ3v) is 29.8. The summed E-state index contributed by atoms with van der Waals surface area (Å²) < 4.78 is 99.6. The molecule has 0 aromatic carbocycles. The number of hydrogen-bond acceptors (Lipinski definition) is 56. The van der Waals surface area contributed by atoms with Crippen LogP contribution in [0.25, 0.3) is 0 Å². The van der Waals surface area contributed by atoms with Gasteiger partial charge < -0.3 is 237 Å². The van der Waals surface area contributed by atoms with E-state index in [4.69, 9.17) is 75.8 Å². The molecule has 48 nitrogen and oxygen atoms in total. The predicted molar refractivity (Wildman–Crippen MR) is 420 cm³/mol. The molecule has 30 rings (SSSR count). The zero-order chi connectivity index (χ0) is 93.7. The maximum atomic E-state index is 12.2. The summed E-state index contributed by atoms with van der Waals surface area (Å²) in [5, 5.41) is 288. The summed E-state index contributed by atoms with van der Waals surface area (Å²) in [6.07, 6.45) is -88.6. The van der Waals surface area contributed by atoms with Crippen molar-refractivity contribution in [2.75, 3.05) is 92.0 Å². The van der Waals surface area contributed by atoms with E-state index in [0.29, 0.717) is 0 Å². The van der Waals surface area contributed by atoms with Crippen LogP contribution in [0.4, 0.5) is 0 Å². The Kier molecular flexibility index (Phi) is 71.6. The number of aliphatic hydroxyl groups is 16. The summed E-state index contributed by atoms with van der Waals surface area (Å²) in [6, 6.07) is 0. The Labute approximate surface area is 990 Å². The Morgan fingerprint density at radius 3 is 0.331 bits per heavy atom. The van der Waals surface area contributed by atoms with Crippen molar-refractivity contribution in [3.8, 4) is 0 Å². The molecule has 30 saturated heterocycles. The van der Waals surface area contributed by atoms with Crippen LogP contribution in [0, 0.1) is 0 Å². The molecule has 16 bridgehead atoms. The third kappa shape index (κ3) is 41.5. The predicted octanol–water partition coefficient (Wildman–Crippen LogP) is -42.3. The number of carbonyl (C=O) groups excluding carboxylic acids is 8. The molecule has 0 amide bonds. The molecule has 0 saturated carbocycles. The average Bonchev–Trinajstić information content (AvgIpc) is 0.770. The van der Waals surface area contributed by atoms with E-state index >= 15 is 0 Å². The Morgan fingerprint density at radius 2 is 0.250 bits per heavy atom. The van der Waals surface area contributed by atoms with Crippen LogP contribution in [0.15, 0.2) is 0 Å². The van der Waals surface area contributed by atoms with Gasteiger partial charge in [-0.05, 0) is 97.4 Å². The van der Waals surface area contributed by atoms with Crippen LogP contribution in [-0.4, -0.2) is 467 Å². The van der Waals surface area contributed by atoms with Crippen LogP contribution in [0.2, 0.25) is 0 Å². The van der Waals surface area contributed by atoms with Gasteiger partial charge >= 0.3 is 236 Å². The molecule has 0 aromatic heterocycles. The molecule has 0 spiro atoms. The smallest absolute Gasteiger partial charge is 0.550 e. The van der Waals surface area contributed by atoms with Crippen molar-refractivity contribution in [1.82, 2.24) is 0 Å². The van der Waals surface area contributed by atoms with Gasteiger partial charge in [0.1, 0.15) is 146 Å². The molecule has 0 radical (unpaired) electrons. The summed E-state index contributed by atoms with van der Waals surface area (Å²) >= 11 is 6.55. The van der Waals surface area contributed by atoms with Crippen LogP contribution in [0.3, 0.4) is 0 Å². The zero-order valence-electron chi connectivity index (χ0n) is 75.5. The van der Waals surface area contributed by atoms with Gasteiger partial charge in [0, 0.05) is 93.8 Å². The molecule has 64 heteroatoms. The average molecular weight is 2180 g/mol. The second kappa shape index (κ2) is 69.9. The summed E-state index contributed by atoms with van der Waals surface area (Å²) in [7, 11) is 0. The first-order valence-corrected chi connectivity index (χ1v) is 49.6. The van der Waals surface area contributed by atoms with Crippen molar-refractivity contribution >= 4 is 142 Å². The van der Waals surface area contributed by atoms with Gasteiger partial charge in [-0.25, -0.2) is 0 Å². The fraction of sp³-hybridized carbons (Fsp3) is 0.889. The molecule has 736 valence electrons. The number of carbonyl (C=O) groups is 8. The van der Waals surface area contributed by atoms with Crippen LogP contribution >= 0.6 is 94.1 Å². The van der Waals surface area contributed by atoms with Crippen LogP contribution in [0.5, 0.6) is 0 Å². The van der Waals surface area contributed by atoms with Crippen LogP contribution < -0.4 is 277 Å². The van der Waals surface area contributed by atoms with E-state index in [0.717, 1.165) is 94.1 Å². The van der Waals surface area contributed by atoms with Gasteiger partial charge in [-0.2, -0.15) is 94.1 Å². The monoisotopic (exact) mass is 2180 g/mol. The zero-order valence-corrected chi connectivity index (χ0v) is 98.1. The van der Waals surface area contributed by atoms with Gasteiger partial charge in [0.15, 0.2) is 50.3 Å². The second-order valence-electron chi connectivity index (χ2n) is 30.6. The van der Waals surface area contributed by atoms with Crippen LogP contribution in [0.1, 0.15) is 51.4 Å². The van der Waals surface area contributed by atoms with Crippen molar-refractivity contribution in [3.05, 3.63) is 0 Å². The number of aliphatic hydroxyl groups excluding tert-OH is 16. The molecule has 136 heavy (non-hydrogen) atoms. The fourth-order valence-electron chi connectivity index (χ4n) is 14.6. The van der Waals surface area contributed by atoms with Crippen molar-refractivity contribution in [2.45, 2.75) is 297 Å². The fourth-order valence-corrected chi connectivity index (χ4v) is 22.5. The van der Waals surface area contributed by atoms with Crippen molar-refractivity contribution < 1.29 is 473 Å². The van der Waals surface area contributed by atoms with E-state index in [2.05, 4.69) is 0 Å². The Hall–Kier alpha value is 5.28. The molecule has 16 N–H and O–H groups in total. The van der Waals surface area contributed by atoms with E-state index in [1.165, 1.54) is 0 Å². The quantitative estimate of drug-likeness (QED) is 0.0200. The number of rotatable bonds is 40. The van der Waals surface area contributed by atoms with Gasteiger partial charge in [0.2, 0.25) is 0 Å². The SMILES string of the molecule is O=C([O-])CCSC[C@H]1O[C@@H]2O[C@H]3[C@H](O)[C@@H](O)[C@H](O[C@@H]3CSCCC(=O)[O-])O[C@H]3C(O)[C@@H](O)[C@@H](O[C@H]4[C@H](O)[C@@H](O)[C@@H](O[C@H]5[C@H](O)[C@@H](O)[C@@H](O[C@H]6[C@H](O)[C@@H](O)[C@H](O[C@@H]6CSCCC(=O)[O-])O[C@H]6C(O)[C@@H](O)[C@@H](O[C@H]7[C@H](O)[C@@H](O)C(O[C@H]1[C@H](O)[C@H]2O)O[C@@H]7CSCCC(=O)[O-])O[C@@H]6CSCCC(=O)[O-])O[C@@H]5CSCCC(=O)[O-])O[C@@H]4CSCCC(=O)[O-])O[C@@H]3CSCCC(=O)[O-].[Na+].[Na+].[Na+].[Na+].[Na+].[Na+].[Na+].[Na+]. The largest absolute Gasteiger partial charge is 1.00 e. The molecule has 30 fully saturated rings. The summed E-state index contributed by atoms with van der Waals surface area (Å²) in [5.41, 5.74) is 0. The Morgan fingerprint density at radius 1 is 0.162 bits per heavy atom.